The molecule has 0 bridgehead atoms. The van der Waals surface area contributed by atoms with Gasteiger partial charge in [0.15, 0.2) is 0 Å². The van der Waals surface area contributed by atoms with Crippen molar-refractivity contribution < 1.29 is 4.79 Å². The highest BCUT2D eigenvalue weighted by molar-refractivity contribution is 5.78. The van der Waals surface area contributed by atoms with Crippen LogP contribution in [-0.4, -0.2) is 30.0 Å². The first-order valence-electron chi connectivity index (χ1n) is 6.98. The van der Waals surface area contributed by atoms with Crippen molar-refractivity contribution in [2.45, 2.75) is 51.5 Å². The van der Waals surface area contributed by atoms with Gasteiger partial charge in [0.05, 0.1) is 0 Å². The molecule has 0 aromatic rings. The number of hydrazine groups is 1. The third kappa shape index (κ3) is 3.42. The van der Waals surface area contributed by atoms with Crippen LogP contribution in [0.25, 0.3) is 0 Å². The molecule has 2 aliphatic rings. The lowest BCUT2D eigenvalue weighted by Crippen LogP contribution is -2.49. The standard InChI is InChI=1S/C13H25N3O/c1-10-5-6-11(9-12(10)14)13(17)15-16-7-3-2-4-8-16/h10-12H,2-9,14H2,1H3,(H,15,17). The molecule has 0 aromatic carbocycles. The molecule has 1 heterocycles. The van der Waals surface area contributed by atoms with Crippen molar-refractivity contribution in [2.24, 2.45) is 17.6 Å². The van der Waals surface area contributed by atoms with E-state index in [9.17, 15) is 4.79 Å². The van der Waals surface area contributed by atoms with Gasteiger partial charge in [0.25, 0.3) is 0 Å². The normalized spacial score (nSPS) is 35.5. The molecule has 4 heteroatoms. The van der Waals surface area contributed by atoms with Crippen LogP contribution < -0.4 is 11.2 Å². The first-order valence-corrected chi connectivity index (χ1v) is 6.98. The van der Waals surface area contributed by atoms with E-state index in [1.165, 1.54) is 19.3 Å². The lowest BCUT2D eigenvalue weighted by molar-refractivity contribution is -0.131. The molecule has 1 saturated heterocycles. The van der Waals surface area contributed by atoms with E-state index in [0.717, 1.165) is 32.4 Å². The van der Waals surface area contributed by atoms with Gasteiger partial charge in [-0.2, -0.15) is 0 Å². The predicted molar refractivity (Wildman–Crippen MR) is 68.0 cm³/mol. The maximum Gasteiger partial charge on any atom is 0.237 e. The van der Waals surface area contributed by atoms with Crippen LogP contribution in [0.5, 0.6) is 0 Å². The number of amides is 1. The molecule has 3 atom stereocenters. The van der Waals surface area contributed by atoms with Gasteiger partial charge in [-0.05, 0) is 38.0 Å². The molecular formula is C13H25N3O. The van der Waals surface area contributed by atoms with Crippen molar-refractivity contribution in [3.8, 4) is 0 Å². The Morgan fingerprint density at radius 1 is 1.24 bits per heavy atom. The van der Waals surface area contributed by atoms with Crippen LogP contribution in [0, 0.1) is 11.8 Å². The third-order valence-corrected chi connectivity index (χ3v) is 4.25. The van der Waals surface area contributed by atoms with Gasteiger partial charge in [0, 0.05) is 25.0 Å². The van der Waals surface area contributed by atoms with Crippen molar-refractivity contribution in [2.75, 3.05) is 13.1 Å². The van der Waals surface area contributed by atoms with E-state index in [1.807, 2.05) is 0 Å². The number of hydrogen-bond donors (Lipinski definition) is 2. The number of nitrogens with one attached hydrogen (secondary N) is 1. The summed E-state index contributed by atoms with van der Waals surface area (Å²) in [7, 11) is 0. The number of nitrogens with two attached hydrogens (primary N) is 1. The Labute approximate surface area is 104 Å². The van der Waals surface area contributed by atoms with Crippen LogP contribution in [0.1, 0.15) is 45.4 Å². The van der Waals surface area contributed by atoms with E-state index in [1.54, 1.807) is 0 Å². The van der Waals surface area contributed by atoms with Crippen molar-refractivity contribution in [1.82, 2.24) is 10.4 Å². The van der Waals surface area contributed by atoms with Crippen molar-refractivity contribution in [1.29, 1.82) is 0 Å². The second kappa shape index (κ2) is 5.83. The minimum absolute atomic E-state index is 0.128. The fraction of sp³-hybridized carbons (Fsp3) is 0.923. The minimum Gasteiger partial charge on any atom is -0.327 e. The molecule has 4 nitrogen and oxygen atoms in total. The predicted octanol–water partition coefficient (Wildman–Crippen LogP) is 1.27. The molecule has 0 spiro atoms. The van der Waals surface area contributed by atoms with E-state index in [0.29, 0.717) is 5.92 Å². The number of rotatable bonds is 2. The fourth-order valence-corrected chi connectivity index (χ4v) is 2.85. The number of hydrogen-bond acceptors (Lipinski definition) is 3. The lowest BCUT2D eigenvalue weighted by atomic mass is 9.79. The Morgan fingerprint density at radius 3 is 2.59 bits per heavy atom. The van der Waals surface area contributed by atoms with Crippen LogP contribution in [0.2, 0.25) is 0 Å². The highest BCUT2D eigenvalue weighted by atomic mass is 16.2. The van der Waals surface area contributed by atoms with Crippen LogP contribution in [-0.2, 0) is 4.79 Å². The molecule has 0 aromatic heterocycles. The molecular weight excluding hydrogens is 214 g/mol. The molecule has 1 aliphatic carbocycles. The summed E-state index contributed by atoms with van der Waals surface area (Å²) in [5, 5.41) is 2.08. The average Bonchev–Trinajstić information content (AvgIpc) is 2.34. The summed E-state index contributed by atoms with van der Waals surface area (Å²) in [6.45, 7) is 4.19. The molecule has 17 heavy (non-hydrogen) atoms. The highest BCUT2D eigenvalue weighted by Gasteiger charge is 2.30. The van der Waals surface area contributed by atoms with Crippen LogP contribution >= 0.6 is 0 Å². The summed E-state index contributed by atoms with van der Waals surface area (Å²) in [6.07, 6.45) is 6.61. The van der Waals surface area contributed by atoms with E-state index in [2.05, 4.69) is 17.4 Å². The summed E-state index contributed by atoms with van der Waals surface area (Å²) in [6, 6.07) is 0.195. The molecule has 3 N–H and O–H groups in total. The smallest absolute Gasteiger partial charge is 0.237 e. The molecule has 98 valence electrons. The van der Waals surface area contributed by atoms with Gasteiger partial charge in [0.1, 0.15) is 0 Å². The summed E-state index contributed by atoms with van der Waals surface area (Å²) in [5.74, 6) is 0.881. The average molecular weight is 239 g/mol. The lowest BCUT2D eigenvalue weighted by Gasteiger charge is -2.33. The highest BCUT2D eigenvalue weighted by Crippen LogP contribution is 2.27. The third-order valence-electron chi connectivity index (χ3n) is 4.25. The minimum atomic E-state index is 0.128. The monoisotopic (exact) mass is 239 g/mol. The van der Waals surface area contributed by atoms with Gasteiger partial charge in [-0.3, -0.25) is 10.2 Å². The van der Waals surface area contributed by atoms with Crippen LogP contribution in [0.4, 0.5) is 0 Å². The summed E-state index contributed by atoms with van der Waals surface area (Å²) in [5.41, 5.74) is 9.11. The maximum absolute atomic E-state index is 12.1. The largest absolute Gasteiger partial charge is 0.327 e. The molecule has 2 rings (SSSR count). The second-order valence-electron chi connectivity index (χ2n) is 5.67. The van der Waals surface area contributed by atoms with Crippen LogP contribution in [0.3, 0.4) is 0 Å². The van der Waals surface area contributed by atoms with Gasteiger partial charge in [-0.25, -0.2) is 5.01 Å². The van der Waals surface area contributed by atoms with Gasteiger partial charge >= 0.3 is 0 Å². The molecule has 3 unspecified atom stereocenters. The number of nitrogens with zero attached hydrogens (tertiary/aromatic N) is 1. The SMILES string of the molecule is CC1CCC(C(=O)NN2CCCCC2)CC1N. The van der Waals surface area contributed by atoms with Crippen molar-refractivity contribution >= 4 is 5.91 Å². The second-order valence-corrected chi connectivity index (χ2v) is 5.67. The van der Waals surface area contributed by atoms with Gasteiger partial charge in [-0.15, -0.1) is 0 Å². The number of carbonyl (C=O) groups is 1. The zero-order valence-electron chi connectivity index (χ0n) is 10.8. The summed E-state index contributed by atoms with van der Waals surface area (Å²) < 4.78 is 0. The summed E-state index contributed by atoms with van der Waals surface area (Å²) >= 11 is 0. The molecule has 1 amide bonds. The van der Waals surface area contributed by atoms with Crippen molar-refractivity contribution in [3.63, 3.8) is 0 Å². The van der Waals surface area contributed by atoms with Crippen molar-refractivity contribution in [3.05, 3.63) is 0 Å². The first-order chi connectivity index (χ1) is 8.16. The topological polar surface area (TPSA) is 58.4 Å². The Balaban J connectivity index is 1.79. The molecule has 1 aliphatic heterocycles. The van der Waals surface area contributed by atoms with E-state index >= 15 is 0 Å². The molecule has 1 saturated carbocycles. The first kappa shape index (κ1) is 12.8. The maximum atomic E-state index is 12.1. The quantitative estimate of drug-likeness (QED) is 0.763. The number of piperidine rings is 1. The van der Waals surface area contributed by atoms with E-state index in [4.69, 9.17) is 5.73 Å². The number of carbonyl (C=O) groups excluding carboxylic acids is 1. The zero-order valence-corrected chi connectivity index (χ0v) is 10.8. The Bertz CT molecular complexity index is 263. The Hall–Kier alpha value is -0.610. The zero-order chi connectivity index (χ0) is 12.3. The Kier molecular flexibility index (Phi) is 4.40. The molecule has 0 radical (unpaired) electrons. The van der Waals surface area contributed by atoms with Gasteiger partial charge in [0.2, 0.25) is 5.91 Å². The van der Waals surface area contributed by atoms with E-state index < -0.39 is 0 Å². The fourth-order valence-electron chi connectivity index (χ4n) is 2.85. The van der Waals surface area contributed by atoms with Gasteiger partial charge < -0.3 is 5.73 Å². The summed E-state index contributed by atoms with van der Waals surface area (Å²) in [4.78, 5) is 12.1. The van der Waals surface area contributed by atoms with Crippen LogP contribution in [0.15, 0.2) is 0 Å². The Morgan fingerprint density at radius 2 is 1.94 bits per heavy atom. The van der Waals surface area contributed by atoms with E-state index in [-0.39, 0.29) is 17.9 Å². The van der Waals surface area contributed by atoms with Gasteiger partial charge in [-0.1, -0.05) is 13.3 Å². The molecule has 2 fully saturated rings.